The van der Waals surface area contributed by atoms with E-state index in [9.17, 15) is 0 Å². The zero-order valence-electron chi connectivity index (χ0n) is 5.45. The number of rotatable bonds is 2. The lowest BCUT2D eigenvalue weighted by Gasteiger charge is -2.02. The van der Waals surface area contributed by atoms with Crippen molar-refractivity contribution in [2.24, 2.45) is 5.73 Å². The first-order valence-electron chi connectivity index (χ1n) is 2.83. The van der Waals surface area contributed by atoms with E-state index in [0.29, 0.717) is 0 Å². The van der Waals surface area contributed by atoms with E-state index in [2.05, 4.69) is 4.98 Å². The summed E-state index contributed by atoms with van der Waals surface area (Å²) in [4.78, 5) is 2.85. The molecule has 0 aliphatic heterocycles. The van der Waals surface area contributed by atoms with Crippen molar-refractivity contribution in [2.45, 2.75) is 6.04 Å². The van der Waals surface area contributed by atoms with Crippen LogP contribution in [-0.4, -0.2) is 16.7 Å². The highest BCUT2D eigenvalue weighted by atomic mass is 35.5. The van der Waals surface area contributed by atoms with Gasteiger partial charge in [-0.25, -0.2) is 0 Å². The lowest BCUT2D eigenvalue weighted by Crippen LogP contribution is -2.13. The summed E-state index contributed by atoms with van der Waals surface area (Å²) in [5, 5.41) is 8.57. The molecule has 4 heteroatoms. The summed E-state index contributed by atoms with van der Waals surface area (Å²) >= 11 is 0. The number of nitrogens with one attached hydrogen (secondary N) is 1. The van der Waals surface area contributed by atoms with E-state index >= 15 is 0 Å². The van der Waals surface area contributed by atoms with Crippen LogP contribution in [0.15, 0.2) is 18.5 Å². The standard InChI is InChI=1S/C6H10N2O.ClH/c7-6(4-9)5-1-2-8-3-5;/h1-3,6,8-9H,4,7H2;1H. The zero-order valence-corrected chi connectivity index (χ0v) is 6.27. The number of aliphatic hydroxyl groups is 1. The van der Waals surface area contributed by atoms with Gasteiger partial charge in [-0.2, -0.15) is 0 Å². The minimum atomic E-state index is -0.240. The molecule has 1 aromatic heterocycles. The Balaban J connectivity index is 0.000000810. The molecular weight excluding hydrogens is 152 g/mol. The Morgan fingerprint density at radius 1 is 1.70 bits per heavy atom. The van der Waals surface area contributed by atoms with Gasteiger partial charge in [-0.05, 0) is 11.6 Å². The van der Waals surface area contributed by atoms with E-state index in [0.717, 1.165) is 5.56 Å². The molecule has 0 aliphatic rings. The fourth-order valence-corrected chi connectivity index (χ4v) is 0.673. The lowest BCUT2D eigenvalue weighted by atomic mass is 10.2. The molecule has 1 atom stereocenters. The molecule has 0 aromatic carbocycles. The van der Waals surface area contributed by atoms with Crippen LogP contribution in [0, 0.1) is 0 Å². The van der Waals surface area contributed by atoms with Crippen LogP contribution in [0.3, 0.4) is 0 Å². The average molecular weight is 163 g/mol. The summed E-state index contributed by atoms with van der Waals surface area (Å²) in [7, 11) is 0. The average Bonchev–Trinajstić information content (AvgIpc) is 2.37. The minimum absolute atomic E-state index is 0. The van der Waals surface area contributed by atoms with Crippen LogP contribution in [0.25, 0.3) is 0 Å². The maximum Gasteiger partial charge on any atom is 0.0624 e. The third-order valence-electron chi connectivity index (χ3n) is 1.25. The normalized spacial score (nSPS) is 12.2. The van der Waals surface area contributed by atoms with E-state index in [1.165, 1.54) is 0 Å². The van der Waals surface area contributed by atoms with Gasteiger partial charge in [0, 0.05) is 12.4 Å². The van der Waals surface area contributed by atoms with E-state index in [1.807, 2.05) is 6.07 Å². The van der Waals surface area contributed by atoms with E-state index in [1.54, 1.807) is 12.4 Å². The smallest absolute Gasteiger partial charge is 0.0624 e. The highest BCUT2D eigenvalue weighted by Crippen LogP contribution is 2.05. The second-order valence-electron chi connectivity index (χ2n) is 1.93. The summed E-state index contributed by atoms with van der Waals surface area (Å²) in [5.41, 5.74) is 6.41. The molecule has 10 heavy (non-hydrogen) atoms. The monoisotopic (exact) mass is 162 g/mol. The van der Waals surface area contributed by atoms with Crippen LogP contribution in [-0.2, 0) is 0 Å². The Kier molecular flexibility index (Phi) is 4.11. The predicted molar refractivity (Wildman–Crippen MR) is 42.1 cm³/mol. The van der Waals surface area contributed by atoms with Crippen molar-refractivity contribution in [3.8, 4) is 0 Å². The molecule has 0 saturated heterocycles. The molecular formula is C6H11ClN2O. The number of H-pyrrole nitrogens is 1. The number of halogens is 1. The van der Waals surface area contributed by atoms with Crippen molar-refractivity contribution >= 4 is 12.4 Å². The van der Waals surface area contributed by atoms with Gasteiger partial charge in [0.05, 0.1) is 12.6 Å². The Morgan fingerprint density at radius 3 is 2.80 bits per heavy atom. The maximum absolute atomic E-state index is 8.57. The van der Waals surface area contributed by atoms with Crippen LogP contribution < -0.4 is 5.73 Å². The number of aromatic amines is 1. The van der Waals surface area contributed by atoms with Crippen LogP contribution in [0.1, 0.15) is 11.6 Å². The SMILES string of the molecule is Cl.NC(CO)c1cc[nH]c1. The summed E-state index contributed by atoms with van der Waals surface area (Å²) in [5.74, 6) is 0. The molecule has 0 aliphatic carbocycles. The van der Waals surface area contributed by atoms with Crippen molar-refractivity contribution in [2.75, 3.05) is 6.61 Å². The lowest BCUT2D eigenvalue weighted by molar-refractivity contribution is 0.268. The summed E-state index contributed by atoms with van der Waals surface area (Å²) in [6.45, 7) is -0.00213. The topological polar surface area (TPSA) is 62.0 Å². The first-order chi connectivity index (χ1) is 4.34. The zero-order chi connectivity index (χ0) is 6.69. The molecule has 58 valence electrons. The Hall–Kier alpha value is -0.510. The molecule has 0 amide bonds. The predicted octanol–water partition coefficient (Wildman–Crippen LogP) is 0.429. The molecule has 0 saturated carbocycles. The van der Waals surface area contributed by atoms with Gasteiger partial charge in [-0.15, -0.1) is 12.4 Å². The maximum atomic E-state index is 8.57. The molecule has 4 N–H and O–H groups in total. The van der Waals surface area contributed by atoms with Gasteiger partial charge in [0.15, 0.2) is 0 Å². The van der Waals surface area contributed by atoms with Gasteiger partial charge in [0.1, 0.15) is 0 Å². The molecule has 0 radical (unpaired) electrons. The number of aromatic nitrogens is 1. The summed E-state index contributed by atoms with van der Waals surface area (Å²) in [6, 6.07) is 1.61. The van der Waals surface area contributed by atoms with Gasteiger partial charge < -0.3 is 15.8 Å². The van der Waals surface area contributed by atoms with E-state index < -0.39 is 0 Å². The molecule has 0 fully saturated rings. The second kappa shape index (κ2) is 4.33. The molecule has 0 bridgehead atoms. The molecule has 1 rings (SSSR count). The molecule has 1 heterocycles. The highest BCUT2D eigenvalue weighted by molar-refractivity contribution is 5.85. The van der Waals surface area contributed by atoms with Gasteiger partial charge >= 0.3 is 0 Å². The Bertz CT molecular complexity index is 164. The third kappa shape index (κ3) is 2.02. The fourth-order valence-electron chi connectivity index (χ4n) is 0.673. The van der Waals surface area contributed by atoms with E-state index in [4.69, 9.17) is 10.8 Å². The third-order valence-corrected chi connectivity index (χ3v) is 1.25. The molecule has 0 spiro atoms. The number of hydrogen-bond donors (Lipinski definition) is 3. The molecule has 1 aromatic rings. The van der Waals surface area contributed by atoms with Crippen LogP contribution in [0.4, 0.5) is 0 Å². The molecule has 3 nitrogen and oxygen atoms in total. The second-order valence-corrected chi connectivity index (χ2v) is 1.93. The van der Waals surface area contributed by atoms with Crippen LogP contribution >= 0.6 is 12.4 Å². The van der Waals surface area contributed by atoms with Gasteiger partial charge in [-0.1, -0.05) is 0 Å². The van der Waals surface area contributed by atoms with E-state index in [-0.39, 0.29) is 25.1 Å². The highest BCUT2D eigenvalue weighted by Gasteiger charge is 2.01. The fraction of sp³-hybridized carbons (Fsp3) is 0.333. The number of hydrogen-bond acceptors (Lipinski definition) is 2. The quantitative estimate of drug-likeness (QED) is 0.591. The van der Waals surface area contributed by atoms with Crippen molar-refractivity contribution in [3.05, 3.63) is 24.0 Å². The Labute approximate surface area is 65.7 Å². The van der Waals surface area contributed by atoms with Crippen molar-refractivity contribution in [3.63, 3.8) is 0 Å². The first-order valence-corrected chi connectivity index (χ1v) is 2.83. The van der Waals surface area contributed by atoms with Crippen molar-refractivity contribution < 1.29 is 5.11 Å². The van der Waals surface area contributed by atoms with Gasteiger partial charge in [-0.3, -0.25) is 0 Å². The first kappa shape index (κ1) is 9.49. The van der Waals surface area contributed by atoms with Crippen molar-refractivity contribution in [1.29, 1.82) is 0 Å². The van der Waals surface area contributed by atoms with Gasteiger partial charge in [0.2, 0.25) is 0 Å². The summed E-state index contributed by atoms with van der Waals surface area (Å²) < 4.78 is 0. The number of nitrogens with two attached hydrogens (primary N) is 1. The Morgan fingerprint density at radius 2 is 2.40 bits per heavy atom. The number of aliphatic hydroxyl groups excluding tert-OH is 1. The van der Waals surface area contributed by atoms with Crippen LogP contribution in [0.2, 0.25) is 0 Å². The van der Waals surface area contributed by atoms with Crippen molar-refractivity contribution in [1.82, 2.24) is 4.98 Å². The minimum Gasteiger partial charge on any atom is -0.394 e. The largest absolute Gasteiger partial charge is 0.394 e. The van der Waals surface area contributed by atoms with Gasteiger partial charge in [0.25, 0.3) is 0 Å². The summed E-state index contributed by atoms with van der Waals surface area (Å²) in [6.07, 6.45) is 3.56. The molecule has 1 unspecified atom stereocenters. The van der Waals surface area contributed by atoms with Crippen LogP contribution in [0.5, 0.6) is 0 Å².